The average molecular weight is 274 g/mol. The zero-order valence-corrected chi connectivity index (χ0v) is 11.1. The number of halogens is 1. The second-order valence-electron chi connectivity index (χ2n) is 4.73. The lowest BCUT2D eigenvalue weighted by Crippen LogP contribution is -2.15. The predicted octanol–water partition coefficient (Wildman–Crippen LogP) is 3.23. The van der Waals surface area contributed by atoms with Crippen molar-refractivity contribution in [1.82, 2.24) is 0 Å². The molecule has 0 fully saturated rings. The SMILES string of the molecule is Cc1cc(F)cc(Nc2cc3c(cc2N)OCCO3)c1. The van der Waals surface area contributed by atoms with Gasteiger partial charge in [-0.1, -0.05) is 0 Å². The minimum atomic E-state index is -0.288. The first-order valence-corrected chi connectivity index (χ1v) is 6.35. The quantitative estimate of drug-likeness (QED) is 0.825. The number of nitrogen functional groups attached to an aromatic ring is 1. The molecular formula is C15H15FN2O2. The Morgan fingerprint density at radius 2 is 1.75 bits per heavy atom. The van der Waals surface area contributed by atoms with E-state index in [-0.39, 0.29) is 5.82 Å². The average Bonchev–Trinajstić information content (AvgIpc) is 2.38. The van der Waals surface area contributed by atoms with Crippen LogP contribution in [-0.2, 0) is 0 Å². The summed E-state index contributed by atoms with van der Waals surface area (Å²) in [5.74, 6) is 0.986. The molecule has 4 nitrogen and oxygen atoms in total. The highest BCUT2D eigenvalue weighted by molar-refractivity contribution is 5.76. The molecule has 2 aromatic rings. The van der Waals surface area contributed by atoms with E-state index in [9.17, 15) is 4.39 Å². The van der Waals surface area contributed by atoms with Crippen molar-refractivity contribution in [3.8, 4) is 11.5 Å². The van der Waals surface area contributed by atoms with E-state index in [2.05, 4.69) is 5.32 Å². The monoisotopic (exact) mass is 274 g/mol. The number of rotatable bonds is 2. The Hall–Kier alpha value is -2.43. The summed E-state index contributed by atoms with van der Waals surface area (Å²) in [4.78, 5) is 0. The molecule has 1 heterocycles. The van der Waals surface area contributed by atoms with Gasteiger partial charge in [-0.15, -0.1) is 0 Å². The van der Waals surface area contributed by atoms with Crippen LogP contribution in [0.4, 0.5) is 21.5 Å². The van der Waals surface area contributed by atoms with Gasteiger partial charge in [-0.05, 0) is 30.7 Å². The summed E-state index contributed by atoms with van der Waals surface area (Å²) in [6.45, 7) is 2.86. The molecule has 0 aromatic heterocycles. The third-order valence-electron chi connectivity index (χ3n) is 3.04. The molecule has 3 N–H and O–H groups in total. The molecule has 0 aliphatic carbocycles. The summed E-state index contributed by atoms with van der Waals surface area (Å²) in [5.41, 5.74) is 8.65. The van der Waals surface area contributed by atoms with Gasteiger partial charge < -0.3 is 20.5 Å². The normalized spacial score (nSPS) is 13.1. The Morgan fingerprint density at radius 1 is 1.05 bits per heavy atom. The largest absolute Gasteiger partial charge is 0.486 e. The van der Waals surface area contributed by atoms with E-state index in [1.807, 2.05) is 13.0 Å². The predicted molar refractivity (Wildman–Crippen MR) is 76.3 cm³/mol. The maximum absolute atomic E-state index is 13.4. The Morgan fingerprint density at radius 3 is 2.45 bits per heavy atom. The van der Waals surface area contributed by atoms with Gasteiger partial charge in [0.15, 0.2) is 11.5 Å². The molecule has 0 unspecified atom stereocenters. The van der Waals surface area contributed by atoms with Gasteiger partial charge in [-0.3, -0.25) is 0 Å². The van der Waals surface area contributed by atoms with Gasteiger partial charge in [0.25, 0.3) is 0 Å². The Labute approximate surface area is 116 Å². The minimum Gasteiger partial charge on any atom is -0.486 e. The van der Waals surface area contributed by atoms with Crippen LogP contribution in [0.2, 0.25) is 0 Å². The van der Waals surface area contributed by atoms with E-state index < -0.39 is 0 Å². The lowest BCUT2D eigenvalue weighted by Gasteiger charge is -2.20. The zero-order valence-electron chi connectivity index (χ0n) is 11.1. The fourth-order valence-electron chi connectivity index (χ4n) is 2.18. The first kappa shape index (κ1) is 12.6. The molecule has 20 heavy (non-hydrogen) atoms. The molecular weight excluding hydrogens is 259 g/mol. The number of nitrogens with one attached hydrogen (secondary N) is 1. The molecule has 5 heteroatoms. The maximum atomic E-state index is 13.4. The van der Waals surface area contributed by atoms with Gasteiger partial charge in [0.2, 0.25) is 0 Å². The van der Waals surface area contributed by atoms with Crippen LogP contribution in [0.3, 0.4) is 0 Å². The lowest BCUT2D eigenvalue weighted by atomic mass is 10.2. The van der Waals surface area contributed by atoms with Crippen LogP contribution in [0.1, 0.15) is 5.56 Å². The molecule has 104 valence electrons. The molecule has 1 aliphatic heterocycles. The van der Waals surface area contributed by atoms with Gasteiger partial charge in [0, 0.05) is 17.8 Å². The third-order valence-corrected chi connectivity index (χ3v) is 3.04. The number of benzene rings is 2. The van der Waals surface area contributed by atoms with Crippen LogP contribution >= 0.6 is 0 Å². The first-order valence-electron chi connectivity index (χ1n) is 6.35. The Kier molecular flexibility index (Phi) is 3.10. The van der Waals surface area contributed by atoms with Gasteiger partial charge in [-0.25, -0.2) is 4.39 Å². The summed E-state index contributed by atoms with van der Waals surface area (Å²) in [5, 5.41) is 3.10. The molecule has 0 saturated carbocycles. The summed E-state index contributed by atoms with van der Waals surface area (Å²) >= 11 is 0. The lowest BCUT2D eigenvalue weighted by molar-refractivity contribution is 0.172. The van der Waals surface area contributed by atoms with Crippen molar-refractivity contribution in [2.24, 2.45) is 0 Å². The molecule has 0 bridgehead atoms. The fraction of sp³-hybridized carbons (Fsp3) is 0.200. The van der Waals surface area contributed by atoms with Gasteiger partial charge in [0.1, 0.15) is 19.0 Å². The van der Waals surface area contributed by atoms with Gasteiger partial charge >= 0.3 is 0 Å². The molecule has 0 amide bonds. The molecule has 1 aliphatic rings. The third kappa shape index (κ3) is 2.47. The van der Waals surface area contributed by atoms with Crippen molar-refractivity contribution in [3.05, 3.63) is 41.7 Å². The summed E-state index contributed by atoms with van der Waals surface area (Å²) < 4.78 is 24.4. The number of nitrogens with two attached hydrogens (primary N) is 1. The van der Waals surface area contributed by atoms with E-state index in [0.717, 1.165) is 5.56 Å². The van der Waals surface area contributed by atoms with Crippen molar-refractivity contribution in [2.45, 2.75) is 6.92 Å². The smallest absolute Gasteiger partial charge is 0.163 e. The zero-order chi connectivity index (χ0) is 14.1. The van der Waals surface area contributed by atoms with Crippen molar-refractivity contribution >= 4 is 17.1 Å². The molecule has 0 atom stereocenters. The Bertz CT molecular complexity index is 638. The molecule has 0 radical (unpaired) electrons. The number of fused-ring (bicyclic) bond motifs is 1. The summed E-state index contributed by atoms with van der Waals surface area (Å²) in [6.07, 6.45) is 0. The van der Waals surface area contributed by atoms with Crippen LogP contribution in [0.15, 0.2) is 30.3 Å². The van der Waals surface area contributed by atoms with E-state index in [1.54, 1.807) is 12.1 Å². The number of hydrogen-bond acceptors (Lipinski definition) is 4. The summed E-state index contributed by atoms with van der Waals surface area (Å²) in [6, 6.07) is 8.22. The van der Waals surface area contributed by atoms with Crippen molar-refractivity contribution in [3.63, 3.8) is 0 Å². The van der Waals surface area contributed by atoms with Gasteiger partial charge in [0.05, 0.1) is 11.4 Å². The maximum Gasteiger partial charge on any atom is 0.163 e. The van der Waals surface area contributed by atoms with Crippen LogP contribution in [0.25, 0.3) is 0 Å². The highest BCUT2D eigenvalue weighted by Gasteiger charge is 2.14. The van der Waals surface area contributed by atoms with Crippen LogP contribution in [-0.4, -0.2) is 13.2 Å². The second-order valence-corrected chi connectivity index (χ2v) is 4.73. The molecule has 3 rings (SSSR count). The van der Waals surface area contributed by atoms with E-state index in [0.29, 0.717) is 41.8 Å². The van der Waals surface area contributed by atoms with Crippen LogP contribution < -0.4 is 20.5 Å². The number of anilines is 3. The van der Waals surface area contributed by atoms with Crippen molar-refractivity contribution in [2.75, 3.05) is 24.3 Å². The minimum absolute atomic E-state index is 0.288. The van der Waals surface area contributed by atoms with Crippen LogP contribution in [0, 0.1) is 12.7 Å². The fourth-order valence-corrected chi connectivity index (χ4v) is 2.18. The molecule has 0 saturated heterocycles. The van der Waals surface area contributed by atoms with Crippen LogP contribution in [0.5, 0.6) is 11.5 Å². The highest BCUT2D eigenvalue weighted by Crippen LogP contribution is 2.38. The number of hydrogen-bond donors (Lipinski definition) is 2. The number of ether oxygens (including phenoxy) is 2. The van der Waals surface area contributed by atoms with Crippen molar-refractivity contribution < 1.29 is 13.9 Å². The molecule has 2 aromatic carbocycles. The Balaban J connectivity index is 1.94. The topological polar surface area (TPSA) is 56.5 Å². The number of aryl methyl sites for hydroxylation is 1. The van der Waals surface area contributed by atoms with E-state index in [4.69, 9.17) is 15.2 Å². The van der Waals surface area contributed by atoms with E-state index in [1.165, 1.54) is 12.1 Å². The molecule has 0 spiro atoms. The second kappa shape index (κ2) is 4.92. The highest BCUT2D eigenvalue weighted by atomic mass is 19.1. The van der Waals surface area contributed by atoms with E-state index >= 15 is 0 Å². The van der Waals surface area contributed by atoms with Crippen molar-refractivity contribution in [1.29, 1.82) is 0 Å². The standard InChI is InChI=1S/C15H15FN2O2/c1-9-4-10(16)6-11(5-9)18-13-8-15-14(7-12(13)17)19-2-3-20-15/h4-8,18H,2-3,17H2,1H3. The first-order chi connectivity index (χ1) is 9.61. The summed E-state index contributed by atoms with van der Waals surface area (Å²) in [7, 11) is 0. The van der Waals surface area contributed by atoms with Gasteiger partial charge in [-0.2, -0.15) is 0 Å².